The number of rotatable bonds is 3. The first-order chi connectivity index (χ1) is 16.3. The summed E-state index contributed by atoms with van der Waals surface area (Å²) in [7, 11) is 0. The standard InChI is InChI=1S/C30H28N2S2/c1-17(2)12-20-15-22-24(33-20)10-11-25-26(22)28-29(34-25)27(31-16-32-28)19-13-18-8-6-7-9-21(18)23(14-19)30(3,4)5/h6-11,13-17H,12H2,1-5H3. The smallest absolute Gasteiger partial charge is 0.116 e. The van der Waals surface area contributed by atoms with Gasteiger partial charge in [-0.1, -0.05) is 58.9 Å². The Kier molecular flexibility index (Phi) is 5.02. The van der Waals surface area contributed by atoms with Crippen LogP contribution in [-0.4, -0.2) is 9.97 Å². The molecule has 0 amide bonds. The summed E-state index contributed by atoms with van der Waals surface area (Å²) in [5, 5.41) is 5.20. The van der Waals surface area contributed by atoms with Gasteiger partial charge in [-0.25, -0.2) is 9.97 Å². The predicted molar refractivity (Wildman–Crippen MR) is 150 cm³/mol. The van der Waals surface area contributed by atoms with Gasteiger partial charge >= 0.3 is 0 Å². The summed E-state index contributed by atoms with van der Waals surface area (Å²) >= 11 is 3.74. The number of hydrogen-bond donors (Lipinski definition) is 0. The molecular weight excluding hydrogens is 452 g/mol. The second kappa shape index (κ2) is 7.86. The van der Waals surface area contributed by atoms with Crippen molar-refractivity contribution in [1.29, 1.82) is 0 Å². The number of aromatic nitrogens is 2. The van der Waals surface area contributed by atoms with Gasteiger partial charge in [-0.2, -0.15) is 0 Å². The summed E-state index contributed by atoms with van der Waals surface area (Å²) in [4.78, 5) is 11.1. The molecule has 0 radical (unpaired) electrons. The van der Waals surface area contributed by atoms with E-state index in [0.29, 0.717) is 5.92 Å². The number of benzene rings is 3. The Morgan fingerprint density at radius 3 is 2.44 bits per heavy atom. The van der Waals surface area contributed by atoms with Crippen LogP contribution in [0.15, 0.2) is 60.9 Å². The Bertz CT molecular complexity index is 1700. The van der Waals surface area contributed by atoms with Crippen molar-refractivity contribution in [2.75, 3.05) is 0 Å². The minimum atomic E-state index is 0.0393. The Morgan fingerprint density at radius 1 is 0.853 bits per heavy atom. The first kappa shape index (κ1) is 21.7. The Labute approximate surface area is 208 Å². The van der Waals surface area contributed by atoms with E-state index in [-0.39, 0.29) is 5.41 Å². The van der Waals surface area contributed by atoms with Crippen molar-refractivity contribution in [1.82, 2.24) is 9.97 Å². The highest BCUT2D eigenvalue weighted by atomic mass is 32.1. The van der Waals surface area contributed by atoms with Crippen molar-refractivity contribution in [3.63, 3.8) is 0 Å². The van der Waals surface area contributed by atoms with Crippen molar-refractivity contribution in [2.24, 2.45) is 5.92 Å². The van der Waals surface area contributed by atoms with Gasteiger partial charge in [-0.05, 0) is 64.4 Å². The van der Waals surface area contributed by atoms with Crippen LogP contribution in [0.3, 0.4) is 0 Å². The van der Waals surface area contributed by atoms with Gasteiger partial charge in [0, 0.05) is 30.6 Å². The van der Waals surface area contributed by atoms with Gasteiger partial charge in [0.25, 0.3) is 0 Å². The van der Waals surface area contributed by atoms with E-state index < -0.39 is 0 Å². The first-order valence-electron chi connectivity index (χ1n) is 11.9. The van der Waals surface area contributed by atoms with E-state index in [1.807, 2.05) is 22.7 Å². The zero-order valence-corrected chi connectivity index (χ0v) is 21.9. The molecule has 0 saturated carbocycles. The molecule has 2 nitrogen and oxygen atoms in total. The monoisotopic (exact) mass is 480 g/mol. The van der Waals surface area contributed by atoms with E-state index in [2.05, 4.69) is 89.2 Å². The summed E-state index contributed by atoms with van der Waals surface area (Å²) < 4.78 is 3.82. The largest absolute Gasteiger partial charge is 0.235 e. The maximum Gasteiger partial charge on any atom is 0.116 e. The Morgan fingerprint density at radius 2 is 1.65 bits per heavy atom. The molecule has 3 heterocycles. The second-order valence-electron chi connectivity index (χ2n) is 10.7. The van der Waals surface area contributed by atoms with E-state index >= 15 is 0 Å². The average molecular weight is 481 g/mol. The van der Waals surface area contributed by atoms with Crippen LogP contribution in [0, 0.1) is 5.92 Å². The molecule has 3 aromatic carbocycles. The molecule has 170 valence electrons. The fourth-order valence-electron chi connectivity index (χ4n) is 5.01. The molecule has 0 saturated heterocycles. The molecule has 0 N–H and O–H groups in total. The van der Waals surface area contributed by atoms with E-state index in [9.17, 15) is 0 Å². The summed E-state index contributed by atoms with van der Waals surface area (Å²) in [6.45, 7) is 11.4. The van der Waals surface area contributed by atoms with Crippen LogP contribution in [0.2, 0.25) is 0 Å². The van der Waals surface area contributed by atoms with Gasteiger partial charge in [-0.15, -0.1) is 22.7 Å². The Hall–Kier alpha value is -2.82. The predicted octanol–water partition coefficient (Wildman–Crippen LogP) is 9.38. The van der Waals surface area contributed by atoms with E-state index in [1.165, 1.54) is 51.6 Å². The minimum absolute atomic E-state index is 0.0393. The molecule has 3 aromatic heterocycles. The Balaban J connectivity index is 1.63. The second-order valence-corrected chi connectivity index (χ2v) is 12.9. The number of hydrogen-bond acceptors (Lipinski definition) is 4. The van der Waals surface area contributed by atoms with E-state index in [1.54, 1.807) is 6.33 Å². The summed E-state index contributed by atoms with van der Waals surface area (Å²) in [5.41, 5.74) is 4.68. The molecule has 0 aliphatic heterocycles. The third-order valence-corrected chi connectivity index (χ3v) is 8.79. The lowest BCUT2D eigenvalue weighted by Gasteiger charge is -2.22. The summed E-state index contributed by atoms with van der Waals surface area (Å²) in [5.74, 6) is 0.654. The quantitative estimate of drug-likeness (QED) is 0.252. The minimum Gasteiger partial charge on any atom is -0.235 e. The van der Waals surface area contributed by atoms with Crippen LogP contribution in [0.5, 0.6) is 0 Å². The van der Waals surface area contributed by atoms with Gasteiger partial charge < -0.3 is 0 Å². The van der Waals surface area contributed by atoms with Gasteiger partial charge in [-0.3, -0.25) is 0 Å². The van der Waals surface area contributed by atoms with Gasteiger partial charge in [0.05, 0.1) is 15.9 Å². The van der Waals surface area contributed by atoms with Crippen LogP contribution in [0.1, 0.15) is 45.1 Å². The maximum atomic E-state index is 4.83. The van der Waals surface area contributed by atoms with Crippen LogP contribution in [0.25, 0.3) is 52.4 Å². The van der Waals surface area contributed by atoms with Gasteiger partial charge in [0.1, 0.15) is 6.33 Å². The highest BCUT2D eigenvalue weighted by molar-refractivity contribution is 7.26. The molecule has 6 aromatic rings. The number of fused-ring (bicyclic) bond motifs is 6. The molecule has 0 atom stereocenters. The third-order valence-electron chi connectivity index (χ3n) is 6.52. The zero-order valence-electron chi connectivity index (χ0n) is 20.3. The summed E-state index contributed by atoms with van der Waals surface area (Å²) in [6, 6.07) is 20.3. The third kappa shape index (κ3) is 3.52. The fraction of sp³-hybridized carbons (Fsp3) is 0.267. The van der Waals surface area contributed by atoms with Crippen molar-refractivity contribution in [3.8, 4) is 11.3 Å². The van der Waals surface area contributed by atoms with E-state index in [4.69, 9.17) is 9.97 Å². The molecule has 0 spiro atoms. The fourth-order valence-corrected chi connectivity index (χ4v) is 7.47. The molecule has 0 aliphatic carbocycles. The van der Waals surface area contributed by atoms with Crippen molar-refractivity contribution in [3.05, 3.63) is 71.4 Å². The lowest BCUT2D eigenvalue weighted by Crippen LogP contribution is -2.12. The molecular formula is C30H28N2S2. The number of thiophene rings is 2. The molecule has 0 bridgehead atoms. The van der Waals surface area contributed by atoms with Crippen molar-refractivity contribution in [2.45, 2.75) is 46.5 Å². The topological polar surface area (TPSA) is 25.8 Å². The van der Waals surface area contributed by atoms with Gasteiger partial charge in [0.15, 0.2) is 0 Å². The van der Waals surface area contributed by atoms with Crippen molar-refractivity contribution < 1.29 is 0 Å². The average Bonchev–Trinajstić information content (AvgIpc) is 3.37. The molecule has 6 rings (SSSR count). The molecule has 0 fully saturated rings. The summed E-state index contributed by atoms with van der Waals surface area (Å²) in [6.07, 6.45) is 2.87. The highest BCUT2D eigenvalue weighted by Gasteiger charge is 2.21. The van der Waals surface area contributed by atoms with Crippen LogP contribution in [0.4, 0.5) is 0 Å². The number of nitrogens with zero attached hydrogens (tertiary/aromatic N) is 2. The first-order valence-corrected chi connectivity index (χ1v) is 13.5. The SMILES string of the molecule is CC(C)Cc1cc2c(ccc3sc4c(-c5cc(C(C)(C)C)c6ccccc6c5)ncnc4c32)s1. The van der Waals surface area contributed by atoms with E-state index in [0.717, 1.165) is 17.6 Å². The zero-order chi connectivity index (χ0) is 23.6. The van der Waals surface area contributed by atoms with Gasteiger partial charge in [0.2, 0.25) is 0 Å². The lowest BCUT2D eigenvalue weighted by molar-refractivity contribution is 0.596. The van der Waals surface area contributed by atoms with Crippen molar-refractivity contribution >= 4 is 63.8 Å². The highest BCUT2D eigenvalue weighted by Crippen LogP contribution is 2.44. The molecule has 4 heteroatoms. The van der Waals surface area contributed by atoms with Crippen LogP contribution in [-0.2, 0) is 11.8 Å². The van der Waals surface area contributed by atoms with Crippen LogP contribution >= 0.6 is 22.7 Å². The molecule has 0 unspecified atom stereocenters. The normalized spacial score (nSPS) is 12.6. The molecule has 34 heavy (non-hydrogen) atoms. The van der Waals surface area contributed by atoms with Crippen LogP contribution < -0.4 is 0 Å². The lowest BCUT2D eigenvalue weighted by atomic mass is 9.82. The molecule has 0 aliphatic rings. The maximum absolute atomic E-state index is 4.83.